The number of nitrogens with one attached hydrogen (secondary N) is 3. The maximum absolute atomic E-state index is 12.3. The Kier molecular flexibility index (Phi) is 3.17. The van der Waals surface area contributed by atoms with Crippen molar-refractivity contribution in [2.45, 2.75) is 62.9 Å². The maximum atomic E-state index is 12.3. The van der Waals surface area contributed by atoms with Gasteiger partial charge in [-0.25, -0.2) is 4.79 Å². The van der Waals surface area contributed by atoms with Crippen molar-refractivity contribution in [2.24, 2.45) is 17.8 Å². The third kappa shape index (κ3) is 2.43. The van der Waals surface area contributed by atoms with Gasteiger partial charge in [0.25, 0.3) is 0 Å². The van der Waals surface area contributed by atoms with Crippen molar-refractivity contribution in [3.05, 3.63) is 0 Å². The third-order valence-corrected chi connectivity index (χ3v) is 6.05. The van der Waals surface area contributed by atoms with Gasteiger partial charge in [0.05, 0.1) is 0 Å². The van der Waals surface area contributed by atoms with E-state index in [2.05, 4.69) is 16.0 Å². The molecule has 4 saturated carbocycles. The highest BCUT2D eigenvalue weighted by molar-refractivity contribution is 5.75. The minimum atomic E-state index is 0.0839. The van der Waals surface area contributed by atoms with Crippen molar-refractivity contribution < 1.29 is 4.79 Å². The van der Waals surface area contributed by atoms with Gasteiger partial charge in [0.1, 0.15) is 0 Å². The molecule has 1 heterocycles. The summed E-state index contributed by atoms with van der Waals surface area (Å²) < 4.78 is 0. The predicted octanol–water partition coefficient (Wildman–Crippen LogP) is 2.01. The first-order valence-corrected chi connectivity index (χ1v) is 8.50. The van der Waals surface area contributed by atoms with Crippen LogP contribution in [0.25, 0.3) is 0 Å². The van der Waals surface area contributed by atoms with Crippen molar-refractivity contribution >= 4 is 6.03 Å². The molecule has 4 aliphatic carbocycles. The van der Waals surface area contributed by atoms with Crippen LogP contribution >= 0.6 is 0 Å². The Morgan fingerprint density at radius 2 is 1.70 bits per heavy atom. The second-order valence-electron chi connectivity index (χ2n) is 7.84. The maximum Gasteiger partial charge on any atom is 0.315 e. The third-order valence-electron chi connectivity index (χ3n) is 6.05. The smallest absolute Gasteiger partial charge is 0.315 e. The van der Waals surface area contributed by atoms with Gasteiger partial charge in [0.15, 0.2) is 0 Å². The molecule has 4 nitrogen and oxygen atoms in total. The standard InChI is InChI=1S/C16H27N3O/c20-15(18-14-2-1-3-17-10-14)19-16-7-11-4-12(8-16)6-13(5-11)9-16/h11-14,17H,1-10H2,(H2,18,19,20)/t11?,12?,13?,14-,16?/m0/s1. The monoisotopic (exact) mass is 277 g/mol. The minimum absolute atomic E-state index is 0.0839. The highest BCUT2D eigenvalue weighted by Gasteiger charge is 2.51. The lowest BCUT2D eigenvalue weighted by molar-refractivity contribution is -0.0137. The molecule has 3 N–H and O–H groups in total. The highest BCUT2D eigenvalue weighted by atomic mass is 16.2. The highest BCUT2D eigenvalue weighted by Crippen LogP contribution is 2.55. The van der Waals surface area contributed by atoms with E-state index in [1.165, 1.54) is 44.9 Å². The van der Waals surface area contributed by atoms with Crippen molar-refractivity contribution in [2.75, 3.05) is 13.1 Å². The fourth-order valence-electron chi connectivity index (χ4n) is 5.70. The van der Waals surface area contributed by atoms with Crippen LogP contribution in [0.15, 0.2) is 0 Å². The van der Waals surface area contributed by atoms with Gasteiger partial charge in [0, 0.05) is 18.1 Å². The van der Waals surface area contributed by atoms with E-state index in [1.807, 2.05) is 0 Å². The Hall–Kier alpha value is -0.770. The Balaban J connectivity index is 1.37. The second-order valence-corrected chi connectivity index (χ2v) is 7.84. The molecule has 0 aromatic carbocycles. The Labute approximate surface area is 121 Å². The van der Waals surface area contributed by atoms with Gasteiger partial charge in [-0.1, -0.05) is 0 Å². The summed E-state index contributed by atoms with van der Waals surface area (Å²) in [5.74, 6) is 2.66. The molecule has 0 unspecified atom stereocenters. The summed E-state index contributed by atoms with van der Waals surface area (Å²) >= 11 is 0. The summed E-state index contributed by atoms with van der Waals surface area (Å²) in [6.07, 6.45) is 10.3. The van der Waals surface area contributed by atoms with Crippen LogP contribution in [-0.2, 0) is 0 Å². The molecule has 0 radical (unpaired) electrons. The van der Waals surface area contributed by atoms with E-state index in [4.69, 9.17) is 0 Å². The number of amides is 2. The minimum Gasteiger partial charge on any atom is -0.334 e. The first kappa shape index (κ1) is 12.9. The molecule has 1 atom stereocenters. The lowest BCUT2D eigenvalue weighted by Gasteiger charge is -2.56. The first-order valence-electron chi connectivity index (χ1n) is 8.50. The van der Waals surface area contributed by atoms with E-state index in [9.17, 15) is 4.79 Å². The van der Waals surface area contributed by atoms with Crippen LogP contribution in [0.1, 0.15) is 51.4 Å². The summed E-state index contributed by atoms with van der Waals surface area (Å²) in [7, 11) is 0. The molecule has 20 heavy (non-hydrogen) atoms. The summed E-state index contributed by atoms with van der Waals surface area (Å²) in [4.78, 5) is 12.3. The van der Waals surface area contributed by atoms with Gasteiger partial charge in [-0.2, -0.15) is 0 Å². The van der Waals surface area contributed by atoms with Gasteiger partial charge in [-0.15, -0.1) is 0 Å². The molecule has 112 valence electrons. The van der Waals surface area contributed by atoms with Gasteiger partial charge < -0.3 is 16.0 Å². The predicted molar refractivity (Wildman–Crippen MR) is 78.5 cm³/mol. The zero-order valence-electron chi connectivity index (χ0n) is 12.3. The van der Waals surface area contributed by atoms with Gasteiger partial charge in [-0.3, -0.25) is 0 Å². The largest absolute Gasteiger partial charge is 0.334 e. The topological polar surface area (TPSA) is 53.2 Å². The fourth-order valence-corrected chi connectivity index (χ4v) is 5.70. The molecule has 4 bridgehead atoms. The molecule has 4 heteroatoms. The zero-order valence-corrected chi connectivity index (χ0v) is 12.3. The average Bonchev–Trinajstić information content (AvgIpc) is 2.37. The number of urea groups is 1. The molecule has 5 rings (SSSR count). The molecule has 2 amide bonds. The first-order chi connectivity index (χ1) is 9.71. The molecule has 0 aromatic rings. The Morgan fingerprint density at radius 3 is 2.25 bits per heavy atom. The number of carbonyl (C=O) groups excluding carboxylic acids is 1. The SMILES string of the molecule is O=C(N[C@H]1CCCNC1)NC12CC3CC(CC(C3)C1)C2. The van der Waals surface area contributed by atoms with Crippen molar-refractivity contribution in [3.63, 3.8) is 0 Å². The molecule has 0 aromatic heterocycles. The molecular weight excluding hydrogens is 250 g/mol. The van der Waals surface area contributed by atoms with E-state index in [1.54, 1.807) is 0 Å². The number of rotatable bonds is 2. The van der Waals surface area contributed by atoms with Gasteiger partial charge in [0.2, 0.25) is 0 Å². The molecule has 0 spiro atoms. The molecule has 5 aliphatic rings. The average molecular weight is 277 g/mol. The molecule has 1 saturated heterocycles. The van der Waals surface area contributed by atoms with Crippen LogP contribution in [0.4, 0.5) is 4.79 Å². The Bertz CT molecular complexity index is 354. The quantitative estimate of drug-likeness (QED) is 0.723. The molecular formula is C16H27N3O. The lowest BCUT2D eigenvalue weighted by atomic mass is 9.53. The van der Waals surface area contributed by atoms with Gasteiger partial charge in [-0.05, 0) is 75.7 Å². The van der Waals surface area contributed by atoms with Crippen molar-refractivity contribution in [3.8, 4) is 0 Å². The van der Waals surface area contributed by atoms with E-state index in [0.717, 1.165) is 37.3 Å². The van der Waals surface area contributed by atoms with Gasteiger partial charge >= 0.3 is 6.03 Å². The van der Waals surface area contributed by atoms with Crippen LogP contribution in [0.2, 0.25) is 0 Å². The number of piperidine rings is 1. The van der Waals surface area contributed by atoms with Crippen LogP contribution in [0, 0.1) is 17.8 Å². The van der Waals surface area contributed by atoms with Crippen molar-refractivity contribution in [1.82, 2.24) is 16.0 Å². The number of hydrogen-bond acceptors (Lipinski definition) is 2. The van der Waals surface area contributed by atoms with Crippen LogP contribution in [-0.4, -0.2) is 30.7 Å². The molecule has 5 fully saturated rings. The lowest BCUT2D eigenvalue weighted by Crippen LogP contribution is -2.62. The number of carbonyl (C=O) groups is 1. The van der Waals surface area contributed by atoms with E-state index < -0.39 is 0 Å². The molecule has 1 aliphatic heterocycles. The number of hydrogen-bond donors (Lipinski definition) is 3. The van der Waals surface area contributed by atoms with Crippen LogP contribution in [0.5, 0.6) is 0 Å². The summed E-state index contributed by atoms with van der Waals surface area (Å²) in [6.45, 7) is 2.02. The van der Waals surface area contributed by atoms with E-state index in [0.29, 0.717) is 6.04 Å². The summed E-state index contributed by atoms with van der Waals surface area (Å²) in [5.41, 5.74) is 0.140. The zero-order chi connectivity index (χ0) is 13.6. The van der Waals surface area contributed by atoms with Crippen molar-refractivity contribution in [1.29, 1.82) is 0 Å². The Morgan fingerprint density at radius 1 is 1.05 bits per heavy atom. The summed E-state index contributed by atoms with van der Waals surface area (Å²) in [6, 6.07) is 0.401. The van der Waals surface area contributed by atoms with E-state index in [-0.39, 0.29) is 11.6 Å². The van der Waals surface area contributed by atoms with E-state index >= 15 is 0 Å². The fraction of sp³-hybridized carbons (Fsp3) is 0.938. The van der Waals surface area contributed by atoms with Crippen LogP contribution < -0.4 is 16.0 Å². The second kappa shape index (κ2) is 4.90. The normalized spacial score (nSPS) is 46.2. The summed E-state index contributed by atoms with van der Waals surface area (Å²) in [5, 5.41) is 9.93. The van der Waals surface area contributed by atoms with Crippen LogP contribution in [0.3, 0.4) is 0 Å².